The molecule has 4 aromatic heterocycles. The van der Waals surface area contributed by atoms with Gasteiger partial charge in [-0.2, -0.15) is 0 Å². The van der Waals surface area contributed by atoms with Crippen LogP contribution in [0.5, 0.6) is 0 Å². The smallest absolute Gasteiger partial charge is 0.265 e. The van der Waals surface area contributed by atoms with E-state index in [0.29, 0.717) is 22.9 Å². The van der Waals surface area contributed by atoms with Crippen molar-refractivity contribution >= 4 is 65.3 Å². The molecule has 0 saturated heterocycles. The first kappa shape index (κ1) is 36.7. The second-order valence-corrected chi connectivity index (χ2v) is 16.3. The van der Waals surface area contributed by atoms with Crippen molar-refractivity contribution < 1.29 is 0 Å². The van der Waals surface area contributed by atoms with E-state index < -0.39 is 0 Å². The Morgan fingerprint density at radius 3 is 1.25 bits per heavy atom. The zero-order valence-corrected chi connectivity index (χ0v) is 34.9. The van der Waals surface area contributed by atoms with Gasteiger partial charge in [-0.25, -0.2) is 15.0 Å². The summed E-state index contributed by atoms with van der Waals surface area (Å²) >= 11 is 0. The molecule has 13 aromatic rings. The van der Waals surface area contributed by atoms with E-state index >= 15 is 4.79 Å². The summed E-state index contributed by atoms with van der Waals surface area (Å²) in [5.74, 6) is 1.74. The molecule has 0 aliphatic heterocycles. The highest BCUT2D eigenvalue weighted by Crippen LogP contribution is 2.42. The van der Waals surface area contributed by atoms with Gasteiger partial charge in [0.25, 0.3) is 5.56 Å². The predicted octanol–water partition coefficient (Wildman–Crippen LogP) is 13.5. The largest absolute Gasteiger partial charge is 0.308 e. The molecule has 13 rings (SSSR count). The predicted molar refractivity (Wildman–Crippen MR) is 265 cm³/mol. The number of nitrogens with zero attached hydrogens (tertiary/aromatic N) is 6. The Balaban J connectivity index is 1.14. The molecule has 0 fully saturated rings. The second-order valence-electron chi connectivity index (χ2n) is 16.3. The Hall–Kier alpha value is -8.94. The number of pyridine rings is 1. The summed E-state index contributed by atoms with van der Waals surface area (Å²) in [6, 6.07) is 74.5. The van der Waals surface area contributed by atoms with Crippen LogP contribution in [0.3, 0.4) is 0 Å². The molecule has 4 heterocycles. The van der Waals surface area contributed by atoms with Crippen LogP contribution in [0.15, 0.2) is 223 Å². The Bertz CT molecular complexity index is 4010. The molecule has 7 nitrogen and oxygen atoms in total. The summed E-state index contributed by atoms with van der Waals surface area (Å²) in [5, 5.41) is 6.76. The Morgan fingerprint density at radius 1 is 0.292 bits per heavy atom. The molecule has 0 radical (unpaired) electrons. The van der Waals surface area contributed by atoms with Crippen molar-refractivity contribution in [3.8, 4) is 51.2 Å². The van der Waals surface area contributed by atoms with Crippen molar-refractivity contribution in [3.05, 3.63) is 229 Å². The van der Waals surface area contributed by atoms with Gasteiger partial charge in [0.15, 0.2) is 17.5 Å². The highest BCUT2D eigenvalue weighted by atomic mass is 16.1. The SMILES string of the molecule is O=c1c2c(ccc3c4ccccc4n(-c4cccc(-c5nc(-c6ccccc6)nc(-c6ccccc6)n5)c4)c32)c2ccc3c4ccccc4n(-c4ccccc4)c3c2n1-c1ccccc1. The number of hydrogen-bond donors (Lipinski definition) is 0. The maximum atomic E-state index is 16.1. The summed E-state index contributed by atoms with van der Waals surface area (Å²) in [5.41, 5.74) is 9.98. The third-order valence-electron chi connectivity index (χ3n) is 12.7. The normalized spacial score (nSPS) is 11.8. The fraction of sp³-hybridized carbons (Fsp3) is 0. The first-order valence-electron chi connectivity index (χ1n) is 21.7. The molecule has 7 heteroatoms. The van der Waals surface area contributed by atoms with E-state index in [1.807, 2.05) is 114 Å². The minimum absolute atomic E-state index is 0.0978. The molecule has 0 atom stereocenters. The Morgan fingerprint density at radius 2 is 0.677 bits per heavy atom. The van der Waals surface area contributed by atoms with Crippen LogP contribution in [-0.4, -0.2) is 28.7 Å². The monoisotopic (exact) mass is 832 g/mol. The fourth-order valence-electron chi connectivity index (χ4n) is 9.85. The molecule has 0 amide bonds. The van der Waals surface area contributed by atoms with Crippen molar-refractivity contribution in [1.29, 1.82) is 0 Å². The molecule has 0 N–H and O–H groups in total. The second kappa shape index (κ2) is 14.6. The third-order valence-corrected chi connectivity index (χ3v) is 12.7. The summed E-state index contributed by atoms with van der Waals surface area (Å²) in [7, 11) is 0. The van der Waals surface area contributed by atoms with E-state index in [4.69, 9.17) is 15.0 Å². The fourth-order valence-corrected chi connectivity index (χ4v) is 9.85. The van der Waals surface area contributed by atoms with Crippen LogP contribution in [0.2, 0.25) is 0 Å². The lowest BCUT2D eigenvalue weighted by Gasteiger charge is -2.18. The van der Waals surface area contributed by atoms with E-state index in [9.17, 15) is 0 Å². The number of aromatic nitrogens is 6. The van der Waals surface area contributed by atoms with E-state index in [1.54, 1.807) is 0 Å². The average molecular weight is 833 g/mol. The summed E-state index contributed by atoms with van der Waals surface area (Å²) in [6.45, 7) is 0. The quantitative estimate of drug-likeness (QED) is 0.157. The molecule has 0 aliphatic carbocycles. The third kappa shape index (κ3) is 5.69. The van der Waals surface area contributed by atoms with Gasteiger partial charge in [-0.3, -0.25) is 9.36 Å². The number of hydrogen-bond acceptors (Lipinski definition) is 4. The molecule has 304 valence electrons. The summed E-state index contributed by atoms with van der Waals surface area (Å²) in [6.07, 6.45) is 0. The van der Waals surface area contributed by atoms with Crippen LogP contribution in [0, 0.1) is 0 Å². The lowest BCUT2D eigenvalue weighted by Crippen LogP contribution is -2.20. The van der Waals surface area contributed by atoms with Gasteiger partial charge in [0, 0.05) is 60.7 Å². The van der Waals surface area contributed by atoms with Crippen LogP contribution in [0.4, 0.5) is 0 Å². The van der Waals surface area contributed by atoms with Crippen LogP contribution >= 0.6 is 0 Å². The molecule has 0 unspecified atom stereocenters. The molecular weight excluding hydrogens is 797 g/mol. The molecule has 0 saturated carbocycles. The molecule has 0 spiro atoms. The molecule has 0 aliphatic rings. The topological polar surface area (TPSA) is 70.5 Å². The van der Waals surface area contributed by atoms with Crippen molar-refractivity contribution in [1.82, 2.24) is 28.7 Å². The molecule has 9 aromatic carbocycles. The van der Waals surface area contributed by atoms with E-state index in [0.717, 1.165) is 93.7 Å². The Labute approximate surface area is 372 Å². The number of benzene rings is 9. The summed E-state index contributed by atoms with van der Waals surface area (Å²) in [4.78, 5) is 31.2. The van der Waals surface area contributed by atoms with Crippen LogP contribution in [-0.2, 0) is 0 Å². The molecule has 0 bridgehead atoms. The zero-order chi connectivity index (χ0) is 43.0. The van der Waals surface area contributed by atoms with Crippen LogP contribution < -0.4 is 5.56 Å². The number of fused-ring (bicyclic) bond motifs is 11. The zero-order valence-electron chi connectivity index (χ0n) is 34.9. The minimum atomic E-state index is -0.0978. The van der Waals surface area contributed by atoms with Gasteiger partial charge in [-0.15, -0.1) is 0 Å². The standard InChI is InChI=1S/C58H36N6O/c65-58-51-45(48-35-34-47-44-29-14-15-30-49(44)62(40-23-9-3-10-24-40)53(47)54(48)64(58)41-25-11-4-12-26-41)32-33-46-43-28-13-16-31-50(43)63(52(46)51)42-27-17-22-39(36-42)57-60-55(37-18-5-1-6-19-37)59-56(61-57)38-20-7-2-8-21-38/h1-36H. The van der Waals surface area contributed by atoms with E-state index in [2.05, 4.69) is 118 Å². The Kier molecular flexibility index (Phi) is 8.23. The average Bonchev–Trinajstić information content (AvgIpc) is 3.91. The molecule has 65 heavy (non-hydrogen) atoms. The van der Waals surface area contributed by atoms with Crippen LogP contribution in [0.25, 0.3) is 117 Å². The van der Waals surface area contributed by atoms with Crippen LogP contribution in [0.1, 0.15) is 0 Å². The minimum Gasteiger partial charge on any atom is -0.308 e. The van der Waals surface area contributed by atoms with Crippen molar-refractivity contribution in [2.75, 3.05) is 0 Å². The van der Waals surface area contributed by atoms with E-state index in [1.165, 1.54) is 0 Å². The van der Waals surface area contributed by atoms with Gasteiger partial charge in [-0.1, -0.05) is 170 Å². The van der Waals surface area contributed by atoms with Crippen molar-refractivity contribution in [2.24, 2.45) is 0 Å². The first-order chi connectivity index (χ1) is 32.2. The van der Waals surface area contributed by atoms with Gasteiger partial charge in [0.2, 0.25) is 0 Å². The summed E-state index contributed by atoms with van der Waals surface area (Å²) < 4.78 is 6.50. The van der Waals surface area contributed by atoms with Crippen molar-refractivity contribution in [3.63, 3.8) is 0 Å². The van der Waals surface area contributed by atoms with E-state index in [-0.39, 0.29) is 5.56 Å². The van der Waals surface area contributed by atoms with Gasteiger partial charge < -0.3 is 9.13 Å². The number of rotatable bonds is 6. The maximum Gasteiger partial charge on any atom is 0.265 e. The lowest BCUT2D eigenvalue weighted by atomic mass is 10.0. The highest BCUT2D eigenvalue weighted by Gasteiger charge is 2.25. The highest BCUT2D eigenvalue weighted by molar-refractivity contribution is 6.27. The van der Waals surface area contributed by atoms with Gasteiger partial charge >= 0.3 is 0 Å². The first-order valence-corrected chi connectivity index (χ1v) is 21.7. The van der Waals surface area contributed by atoms with Gasteiger partial charge in [0.1, 0.15) is 0 Å². The lowest BCUT2D eigenvalue weighted by molar-refractivity contribution is 1.06. The number of para-hydroxylation sites is 4. The molecular formula is C58H36N6O. The van der Waals surface area contributed by atoms with Gasteiger partial charge in [-0.05, 0) is 53.9 Å². The van der Waals surface area contributed by atoms with Crippen molar-refractivity contribution in [2.45, 2.75) is 0 Å². The van der Waals surface area contributed by atoms with Gasteiger partial charge in [0.05, 0.1) is 33.0 Å². The maximum absolute atomic E-state index is 16.1.